The first-order chi connectivity index (χ1) is 8.29. The van der Waals surface area contributed by atoms with E-state index >= 15 is 0 Å². The summed E-state index contributed by atoms with van der Waals surface area (Å²) < 4.78 is 0. The highest BCUT2D eigenvalue weighted by molar-refractivity contribution is 5.13. The van der Waals surface area contributed by atoms with Crippen LogP contribution in [0, 0.1) is 6.92 Å². The van der Waals surface area contributed by atoms with E-state index in [0.29, 0.717) is 0 Å². The first-order valence-corrected chi connectivity index (χ1v) is 6.77. The molecule has 0 atom stereocenters. The molecule has 4 heteroatoms. The number of imidazole rings is 1. The molecule has 1 aliphatic rings. The monoisotopic (exact) mass is 236 g/mol. The van der Waals surface area contributed by atoms with Crippen LogP contribution in [0.25, 0.3) is 0 Å². The standard InChI is InChI=1S/C13H24N4/c1-3-4-12-11(2)15-13(16-12)5-8-17-9-6-14-7-10-17/h14H,3-10H2,1-2H3,(H,15,16). The average molecular weight is 236 g/mol. The fourth-order valence-electron chi connectivity index (χ4n) is 2.36. The van der Waals surface area contributed by atoms with E-state index in [1.54, 1.807) is 0 Å². The summed E-state index contributed by atoms with van der Waals surface area (Å²) in [7, 11) is 0. The van der Waals surface area contributed by atoms with Gasteiger partial charge in [0.25, 0.3) is 0 Å². The van der Waals surface area contributed by atoms with Crippen molar-refractivity contribution in [1.29, 1.82) is 0 Å². The Morgan fingerprint density at radius 1 is 1.24 bits per heavy atom. The van der Waals surface area contributed by atoms with E-state index in [1.165, 1.54) is 30.9 Å². The summed E-state index contributed by atoms with van der Waals surface area (Å²) in [5, 5.41) is 3.38. The molecule has 1 aliphatic heterocycles. The highest BCUT2D eigenvalue weighted by atomic mass is 15.2. The molecule has 1 saturated heterocycles. The summed E-state index contributed by atoms with van der Waals surface area (Å²) in [6.07, 6.45) is 3.31. The van der Waals surface area contributed by atoms with Crippen LogP contribution in [0.5, 0.6) is 0 Å². The number of nitrogens with one attached hydrogen (secondary N) is 2. The Bertz CT molecular complexity index is 339. The molecule has 1 fully saturated rings. The Balaban J connectivity index is 1.83. The lowest BCUT2D eigenvalue weighted by Crippen LogP contribution is -2.44. The van der Waals surface area contributed by atoms with E-state index in [0.717, 1.165) is 38.3 Å². The van der Waals surface area contributed by atoms with Gasteiger partial charge in [-0.15, -0.1) is 0 Å². The minimum Gasteiger partial charge on any atom is -0.346 e. The van der Waals surface area contributed by atoms with E-state index in [4.69, 9.17) is 0 Å². The number of hydrogen-bond acceptors (Lipinski definition) is 3. The van der Waals surface area contributed by atoms with Crippen molar-refractivity contribution in [2.75, 3.05) is 32.7 Å². The maximum atomic E-state index is 4.69. The lowest BCUT2D eigenvalue weighted by molar-refractivity contribution is 0.242. The Morgan fingerprint density at radius 3 is 2.71 bits per heavy atom. The van der Waals surface area contributed by atoms with Gasteiger partial charge in [0.1, 0.15) is 5.82 Å². The molecule has 0 spiro atoms. The lowest BCUT2D eigenvalue weighted by Gasteiger charge is -2.26. The lowest BCUT2D eigenvalue weighted by atomic mass is 10.2. The minimum atomic E-state index is 1.05. The topological polar surface area (TPSA) is 44.0 Å². The van der Waals surface area contributed by atoms with E-state index < -0.39 is 0 Å². The van der Waals surface area contributed by atoms with Gasteiger partial charge in [-0.1, -0.05) is 13.3 Å². The molecule has 0 aromatic carbocycles. The number of rotatable bonds is 5. The predicted molar refractivity (Wildman–Crippen MR) is 70.3 cm³/mol. The van der Waals surface area contributed by atoms with Gasteiger partial charge in [-0.3, -0.25) is 0 Å². The summed E-state index contributed by atoms with van der Waals surface area (Å²) in [6, 6.07) is 0. The largest absolute Gasteiger partial charge is 0.346 e. The normalized spacial score (nSPS) is 17.5. The molecule has 1 aromatic heterocycles. The van der Waals surface area contributed by atoms with Crippen LogP contribution in [0.1, 0.15) is 30.6 Å². The summed E-state index contributed by atoms with van der Waals surface area (Å²) in [5.41, 5.74) is 2.50. The molecule has 0 saturated carbocycles. The van der Waals surface area contributed by atoms with Gasteiger partial charge in [-0.25, -0.2) is 4.98 Å². The Morgan fingerprint density at radius 2 is 2.00 bits per heavy atom. The van der Waals surface area contributed by atoms with Crippen LogP contribution < -0.4 is 5.32 Å². The zero-order valence-electron chi connectivity index (χ0n) is 11.1. The van der Waals surface area contributed by atoms with Gasteiger partial charge in [0.05, 0.1) is 5.69 Å². The molecule has 0 bridgehead atoms. The molecule has 96 valence electrons. The summed E-state index contributed by atoms with van der Waals surface area (Å²) in [5.74, 6) is 1.16. The van der Waals surface area contributed by atoms with Crippen molar-refractivity contribution in [3.63, 3.8) is 0 Å². The molecule has 2 rings (SSSR count). The second kappa shape index (κ2) is 6.17. The molecule has 4 nitrogen and oxygen atoms in total. The van der Waals surface area contributed by atoms with Crippen LogP contribution >= 0.6 is 0 Å². The predicted octanol–water partition coefficient (Wildman–Crippen LogP) is 1.12. The first-order valence-electron chi connectivity index (χ1n) is 6.77. The Kier molecular flexibility index (Phi) is 4.57. The van der Waals surface area contributed by atoms with Gasteiger partial charge in [0.2, 0.25) is 0 Å². The van der Waals surface area contributed by atoms with Crippen molar-refractivity contribution in [3.8, 4) is 0 Å². The third-order valence-corrected chi connectivity index (χ3v) is 3.40. The van der Waals surface area contributed by atoms with Crippen LogP contribution in [0.3, 0.4) is 0 Å². The van der Waals surface area contributed by atoms with Crippen molar-refractivity contribution in [2.45, 2.75) is 33.1 Å². The summed E-state index contributed by atoms with van der Waals surface area (Å²) in [4.78, 5) is 10.6. The summed E-state index contributed by atoms with van der Waals surface area (Å²) in [6.45, 7) is 10.0. The van der Waals surface area contributed by atoms with Crippen LogP contribution in [0.15, 0.2) is 0 Å². The third-order valence-electron chi connectivity index (χ3n) is 3.40. The van der Waals surface area contributed by atoms with Gasteiger partial charge in [-0.2, -0.15) is 0 Å². The molecule has 17 heavy (non-hydrogen) atoms. The van der Waals surface area contributed by atoms with Crippen LogP contribution in [0.2, 0.25) is 0 Å². The fraction of sp³-hybridized carbons (Fsp3) is 0.769. The quantitative estimate of drug-likeness (QED) is 0.805. The third kappa shape index (κ3) is 3.54. The van der Waals surface area contributed by atoms with Crippen molar-refractivity contribution in [2.24, 2.45) is 0 Å². The fourth-order valence-corrected chi connectivity index (χ4v) is 2.36. The van der Waals surface area contributed by atoms with E-state index in [9.17, 15) is 0 Å². The molecule has 1 aromatic rings. The smallest absolute Gasteiger partial charge is 0.107 e. The maximum absolute atomic E-state index is 4.69. The van der Waals surface area contributed by atoms with Crippen LogP contribution in [-0.2, 0) is 12.8 Å². The van der Waals surface area contributed by atoms with Gasteiger partial charge in [0.15, 0.2) is 0 Å². The van der Waals surface area contributed by atoms with Crippen molar-refractivity contribution >= 4 is 0 Å². The second-order valence-electron chi connectivity index (χ2n) is 4.85. The van der Waals surface area contributed by atoms with Gasteiger partial charge < -0.3 is 15.2 Å². The summed E-state index contributed by atoms with van der Waals surface area (Å²) >= 11 is 0. The SMILES string of the molecule is CCCc1nc(CCN2CCNCC2)[nH]c1C. The molecule has 2 N–H and O–H groups in total. The maximum Gasteiger partial charge on any atom is 0.107 e. The molecule has 2 heterocycles. The molecule has 0 amide bonds. The number of aryl methyl sites for hydroxylation is 2. The number of piperazine rings is 1. The van der Waals surface area contributed by atoms with Crippen molar-refractivity contribution < 1.29 is 0 Å². The van der Waals surface area contributed by atoms with E-state index in [-0.39, 0.29) is 0 Å². The molecular weight excluding hydrogens is 212 g/mol. The van der Waals surface area contributed by atoms with Gasteiger partial charge in [-0.05, 0) is 13.3 Å². The van der Waals surface area contributed by atoms with Crippen molar-refractivity contribution in [3.05, 3.63) is 17.2 Å². The minimum absolute atomic E-state index is 1.05. The molecule has 0 unspecified atom stereocenters. The molecular formula is C13H24N4. The zero-order chi connectivity index (χ0) is 12.1. The van der Waals surface area contributed by atoms with Crippen LogP contribution in [-0.4, -0.2) is 47.6 Å². The Hall–Kier alpha value is -0.870. The number of H-pyrrole nitrogens is 1. The van der Waals surface area contributed by atoms with Gasteiger partial charge in [0, 0.05) is 44.8 Å². The highest BCUT2D eigenvalue weighted by Crippen LogP contribution is 2.08. The first kappa shape index (κ1) is 12.6. The number of aromatic nitrogens is 2. The zero-order valence-corrected chi connectivity index (χ0v) is 11.1. The molecule has 0 aliphatic carbocycles. The van der Waals surface area contributed by atoms with Gasteiger partial charge >= 0.3 is 0 Å². The van der Waals surface area contributed by atoms with Crippen molar-refractivity contribution in [1.82, 2.24) is 20.2 Å². The number of hydrogen-bond donors (Lipinski definition) is 2. The van der Waals surface area contributed by atoms with Crippen LogP contribution in [0.4, 0.5) is 0 Å². The number of aromatic amines is 1. The Labute approximate surface area is 104 Å². The average Bonchev–Trinajstić information content (AvgIpc) is 2.70. The molecule has 0 radical (unpaired) electrons. The number of nitrogens with zero attached hydrogens (tertiary/aromatic N) is 2. The highest BCUT2D eigenvalue weighted by Gasteiger charge is 2.11. The van der Waals surface area contributed by atoms with E-state index in [1.807, 2.05) is 0 Å². The second-order valence-corrected chi connectivity index (χ2v) is 4.85. The van der Waals surface area contributed by atoms with E-state index in [2.05, 4.69) is 34.0 Å².